The van der Waals surface area contributed by atoms with Gasteiger partial charge in [-0.05, 0) is 22.3 Å². The number of carbonyl (C=O) groups is 2. The third kappa shape index (κ3) is 4.43. The number of nitrogens with one attached hydrogen (secondary N) is 3. The Balaban J connectivity index is 1.40. The minimum Gasteiger partial charge on any atom is -0.350 e. The minimum atomic E-state index is -0.185. The van der Waals surface area contributed by atoms with Crippen molar-refractivity contribution in [3.63, 3.8) is 0 Å². The first-order valence-electron chi connectivity index (χ1n) is 8.09. The van der Waals surface area contributed by atoms with E-state index in [-0.39, 0.29) is 24.8 Å². The lowest BCUT2D eigenvalue weighted by Crippen LogP contribution is -2.37. The summed E-state index contributed by atoms with van der Waals surface area (Å²) in [4.78, 5) is 23.7. The average Bonchev–Trinajstić information content (AvgIpc) is 3.07. The highest BCUT2D eigenvalue weighted by Crippen LogP contribution is 2.16. The smallest absolute Gasteiger partial charge is 0.239 e. The summed E-state index contributed by atoms with van der Waals surface area (Å²) in [6, 6.07) is 15.7. The van der Waals surface area contributed by atoms with Crippen LogP contribution in [0, 0.1) is 0 Å². The summed E-state index contributed by atoms with van der Waals surface area (Å²) in [6.07, 6.45) is 0.284. The number of rotatable bonds is 6. The quantitative estimate of drug-likeness (QED) is 0.750. The standard InChI is InChI=1S/C19H21N3O2/c23-18(9-14-4-2-1-3-5-14)22-13-19(24)21-10-15-6-7-16-11-20-12-17(16)8-15/h1-8,20H,9-13H2,(H,21,24)(H,22,23). The monoisotopic (exact) mass is 323 g/mol. The summed E-state index contributed by atoms with van der Waals surface area (Å²) in [5, 5.41) is 8.78. The number of hydrogen-bond donors (Lipinski definition) is 3. The number of benzene rings is 2. The maximum absolute atomic E-state index is 11.9. The molecule has 124 valence electrons. The van der Waals surface area contributed by atoms with E-state index in [0.29, 0.717) is 6.54 Å². The number of amides is 2. The number of hydrogen-bond acceptors (Lipinski definition) is 3. The second-order valence-corrected chi connectivity index (χ2v) is 5.92. The molecule has 1 heterocycles. The van der Waals surface area contributed by atoms with Gasteiger partial charge in [0.2, 0.25) is 11.8 Å². The van der Waals surface area contributed by atoms with Gasteiger partial charge in [0, 0.05) is 19.6 Å². The number of fused-ring (bicyclic) bond motifs is 1. The van der Waals surface area contributed by atoms with E-state index in [9.17, 15) is 9.59 Å². The van der Waals surface area contributed by atoms with Crippen molar-refractivity contribution in [3.05, 3.63) is 70.8 Å². The van der Waals surface area contributed by atoms with Crippen LogP contribution in [0.2, 0.25) is 0 Å². The Morgan fingerprint density at radius 1 is 0.875 bits per heavy atom. The zero-order chi connectivity index (χ0) is 16.8. The van der Waals surface area contributed by atoms with Crippen molar-refractivity contribution in [1.82, 2.24) is 16.0 Å². The molecule has 0 aromatic heterocycles. The first kappa shape index (κ1) is 16.2. The van der Waals surface area contributed by atoms with Crippen molar-refractivity contribution in [2.75, 3.05) is 6.54 Å². The van der Waals surface area contributed by atoms with Gasteiger partial charge in [-0.25, -0.2) is 0 Å². The fraction of sp³-hybridized carbons (Fsp3) is 0.263. The molecule has 0 saturated heterocycles. The lowest BCUT2D eigenvalue weighted by Gasteiger charge is -2.08. The van der Waals surface area contributed by atoms with Crippen LogP contribution >= 0.6 is 0 Å². The van der Waals surface area contributed by atoms with E-state index in [1.807, 2.05) is 36.4 Å². The molecule has 0 saturated carbocycles. The Morgan fingerprint density at radius 2 is 1.67 bits per heavy atom. The summed E-state index contributed by atoms with van der Waals surface area (Å²) in [6.45, 7) is 2.26. The van der Waals surface area contributed by atoms with Gasteiger partial charge in [0.25, 0.3) is 0 Å². The summed E-state index contributed by atoms with van der Waals surface area (Å²) in [5.41, 5.74) is 4.61. The van der Waals surface area contributed by atoms with Crippen LogP contribution < -0.4 is 16.0 Å². The van der Waals surface area contributed by atoms with Crippen LogP contribution in [-0.4, -0.2) is 18.4 Å². The fourth-order valence-electron chi connectivity index (χ4n) is 2.74. The molecule has 0 aliphatic carbocycles. The molecular weight excluding hydrogens is 302 g/mol. The first-order chi connectivity index (χ1) is 11.7. The van der Waals surface area contributed by atoms with Gasteiger partial charge in [-0.3, -0.25) is 9.59 Å². The molecule has 0 bridgehead atoms. The van der Waals surface area contributed by atoms with Crippen LogP contribution in [-0.2, 0) is 35.6 Å². The van der Waals surface area contributed by atoms with Crippen LogP contribution in [0.4, 0.5) is 0 Å². The van der Waals surface area contributed by atoms with Crippen molar-refractivity contribution < 1.29 is 9.59 Å². The number of carbonyl (C=O) groups excluding carboxylic acids is 2. The largest absolute Gasteiger partial charge is 0.350 e. The fourth-order valence-corrected chi connectivity index (χ4v) is 2.74. The zero-order valence-corrected chi connectivity index (χ0v) is 13.5. The Bertz CT molecular complexity index is 729. The molecule has 0 spiro atoms. The SMILES string of the molecule is O=C(CNC(=O)Cc1ccccc1)NCc1ccc2c(c1)CNC2. The van der Waals surface area contributed by atoms with E-state index < -0.39 is 0 Å². The van der Waals surface area contributed by atoms with Gasteiger partial charge in [-0.2, -0.15) is 0 Å². The molecule has 0 atom stereocenters. The summed E-state index contributed by atoms with van der Waals surface area (Å²) in [5.74, 6) is -0.338. The van der Waals surface area contributed by atoms with E-state index in [1.54, 1.807) is 0 Å². The van der Waals surface area contributed by atoms with Crippen molar-refractivity contribution in [3.8, 4) is 0 Å². The molecule has 3 N–H and O–H groups in total. The van der Waals surface area contributed by atoms with Gasteiger partial charge in [0.1, 0.15) is 0 Å². The van der Waals surface area contributed by atoms with Crippen LogP contribution in [0.25, 0.3) is 0 Å². The van der Waals surface area contributed by atoms with Crippen molar-refractivity contribution in [2.45, 2.75) is 26.1 Å². The van der Waals surface area contributed by atoms with Crippen molar-refractivity contribution in [2.24, 2.45) is 0 Å². The molecule has 24 heavy (non-hydrogen) atoms. The molecule has 1 aliphatic heterocycles. The van der Waals surface area contributed by atoms with Crippen LogP contribution in [0.3, 0.4) is 0 Å². The molecule has 3 rings (SSSR count). The molecule has 2 amide bonds. The molecule has 5 nitrogen and oxygen atoms in total. The first-order valence-corrected chi connectivity index (χ1v) is 8.09. The highest BCUT2D eigenvalue weighted by Gasteiger charge is 2.11. The second-order valence-electron chi connectivity index (χ2n) is 5.92. The third-order valence-electron chi connectivity index (χ3n) is 4.04. The summed E-state index contributed by atoms with van der Waals surface area (Å²) in [7, 11) is 0. The van der Waals surface area contributed by atoms with Gasteiger partial charge in [-0.1, -0.05) is 48.5 Å². The molecule has 2 aromatic rings. The lowest BCUT2D eigenvalue weighted by molar-refractivity contribution is -0.125. The maximum atomic E-state index is 11.9. The highest BCUT2D eigenvalue weighted by atomic mass is 16.2. The molecular formula is C19H21N3O2. The Morgan fingerprint density at radius 3 is 2.50 bits per heavy atom. The topological polar surface area (TPSA) is 70.2 Å². The molecule has 5 heteroatoms. The Kier molecular flexibility index (Phi) is 5.23. The lowest BCUT2D eigenvalue weighted by atomic mass is 10.1. The van der Waals surface area contributed by atoms with Crippen molar-refractivity contribution in [1.29, 1.82) is 0 Å². The van der Waals surface area contributed by atoms with Crippen LogP contribution in [0.5, 0.6) is 0 Å². The second kappa shape index (κ2) is 7.75. The van der Waals surface area contributed by atoms with Gasteiger partial charge in [-0.15, -0.1) is 0 Å². The van der Waals surface area contributed by atoms with E-state index in [0.717, 1.165) is 24.2 Å². The maximum Gasteiger partial charge on any atom is 0.239 e. The Labute approximate surface area is 141 Å². The third-order valence-corrected chi connectivity index (χ3v) is 4.04. The van der Waals surface area contributed by atoms with E-state index >= 15 is 0 Å². The minimum absolute atomic E-state index is 0.00182. The highest BCUT2D eigenvalue weighted by molar-refractivity contribution is 5.85. The molecule has 0 radical (unpaired) electrons. The Hall–Kier alpha value is -2.66. The van der Waals surface area contributed by atoms with Gasteiger partial charge in [0.15, 0.2) is 0 Å². The van der Waals surface area contributed by atoms with Crippen LogP contribution in [0.15, 0.2) is 48.5 Å². The molecule has 2 aromatic carbocycles. The average molecular weight is 323 g/mol. The summed E-state index contributed by atoms with van der Waals surface area (Å²) < 4.78 is 0. The van der Waals surface area contributed by atoms with E-state index in [2.05, 4.69) is 28.1 Å². The predicted molar refractivity (Wildman–Crippen MR) is 92.0 cm³/mol. The van der Waals surface area contributed by atoms with E-state index in [4.69, 9.17) is 0 Å². The van der Waals surface area contributed by atoms with Crippen LogP contribution in [0.1, 0.15) is 22.3 Å². The van der Waals surface area contributed by atoms with E-state index in [1.165, 1.54) is 11.1 Å². The zero-order valence-electron chi connectivity index (χ0n) is 13.5. The predicted octanol–water partition coefficient (Wildman–Crippen LogP) is 1.26. The molecule has 0 unspecified atom stereocenters. The molecule has 0 fully saturated rings. The van der Waals surface area contributed by atoms with Gasteiger partial charge in [0.05, 0.1) is 13.0 Å². The van der Waals surface area contributed by atoms with Gasteiger partial charge >= 0.3 is 0 Å². The van der Waals surface area contributed by atoms with Gasteiger partial charge < -0.3 is 16.0 Å². The summed E-state index contributed by atoms with van der Waals surface area (Å²) >= 11 is 0. The normalized spacial score (nSPS) is 12.5. The van der Waals surface area contributed by atoms with Crippen molar-refractivity contribution >= 4 is 11.8 Å². The molecule has 1 aliphatic rings.